The molecule has 2 heteroatoms. The second-order valence-corrected chi connectivity index (χ2v) is 5.55. The van der Waals surface area contributed by atoms with Gasteiger partial charge in [0, 0.05) is 17.5 Å². The maximum atomic E-state index is 12.2. The van der Waals surface area contributed by atoms with Crippen LogP contribution in [0.3, 0.4) is 0 Å². The number of hydrogen-bond donors (Lipinski definition) is 1. The summed E-state index contributed by atoms with van der Waals surface area (Å²) in [6, 6.07) is 20.0. The van der Waals surface area contributed by atoms with Gasteiger partial charge in [-0.2, -0.15) is 0 Å². The molecule has 1 amide bonds. The molecule has 1 N–H and O–H groups in total. The van der Waals surface area contributed by atoms with E-state index in [-0.39, 0.29) is 11.3 Å². The molecule has 1 aliphatic rings. The number of rotatable bonds is 4. The van der Waals surface area contributed by atoms with Crippen molar-refractivity contribution < 1.29 is 4.79 Å². The van der Waals surface area contributed by atoms with Gasteiger partial charge in [-0.1, -0.05) is 55.0 Å². The Labute approximate surface area is 119 Å². The van der Waals surface area contributed by atoms with E-state index in [4.69, 9.17) is 0 Å². The summed E-state index contributed by atoms with van der Waals surface area (Å²) in [5, 5.41) is 3.10. The van der Waals surface area contributed by atoms with Crippen molar-refractivity contribution >= 4 is 5.91 Å². The number of carbonyl (C=O) groups excluding carboxylic acids is 1. The minimum absolute atomic E-state index is 0.0211. The zero-order valence-corrected chi connectivity index (χ0v) is 11.5. The van der Waals surface area contributed by atoms with Crippen LogP contribution < -0.4 is 5.32 Å². The molecule has 0 atom stereocenters. The van der Waals surface area contributed by atoms with Gasteiger partial charge in [-0.15, -0.1) is 0 Å². The molecule has 1 aliphatic carbocycles. The van der Waals surface area contributed by atoms with Gasteiger partial charge in [-0.3, -0.25) is 4.79 Å². The van der Waals surface area contributed by atoms with Crippen LogP contribution in [0.1, 0.15) is 35.2 Å². The number of hydrogen-bond acceptors (Lipinski definition) is 1. The molecule has 0 heterocycles. The fraction of sp³-hybridized carbons (Fsp3) is 0.278. The Balaban J connectivity index is 1.69. The first-order chi connectivity index (χ1) is 9.80. The number of nitrogens with one attached hydrogen (secondary N) is 1. The molecular formula is C18H19NO. The molecule has 20 heavy (non-hydrogen) atoms. The summed E-state index contributed by atoms with van der Waals surface area (Å²) in [6.07, 6.45) is 3.56. The second-order valence-electron chi connectivity index (χ2n) is 5.55. The highest BCUT2D eigenvalue weighted by Crippen LogP contribution is 2.43. The molecule has 0 aliphatic heterocycles. The van der Waals surface area contributed by atoms with Crippen molar-refractivity contribution in [2.24, 2.45) is 0 Å². The van der Waals surface area contributed by atoms with Gasteiger partial charge in [0.05, 0.1) is 0 Å². The van der Waals surface area contributed by atoms with Crippen molar-refractivity contribution in [1.29, 1.82) is 0 Å². The Morgan fingerprint density at radius 1 is 0.950 bits per heavy atom. The molecule has 2 nitrogen and oxygen atoms in total. The molecule has 0 aromatic heterocycles. The molecule has 2 aromatic carbocycles. The Morgan fingerprint density at radius 2 is 1.55 bits per heavy atom. The van der Waals surface area contributed by atoms with E-state index < -0.39 is 0 Å². The van der Waals surface area contributed by atoms with Gasteiger partial charge < -0.3 is 5.32 Å². The van der Waals surface area contributed by atoms with Crippen LogP contribution in [0.5, 0.6) is 0 Å². The SMILES string of the molecule is O=C(NCC1(c2ccccc2)CCC1)c1ccccc1. The Hall–Kier alpha value is -2.09. The van der Waals surface area contributed by atoms with E-state index in [1.807, 2.05) is 36.4 Å². The van der Waals surface area contributed by atoms with Crippen molar-refractivity contribution in [2.45, 2.75) is 24.7 Å². The number of amides is 1. The van der Waals surface area contributed by atoms with Gasteiger partial charge in [0.25, 0.3) is 5.91 Å². The predicted octanol–water partition coefficient (Wildman–Crippen LogP) is 3.54. The number of carbonyl (C=O) groups is 1. The monoisotopic (exact) mass is 265 g/mol. The van der Waals surface area contributed by atoms with Gasteiger partial charge in [0.2, 0.25) is 0 Å². The van der Waals surface area contributed by atoms with Gasteiger partial charge in [-0.05, 0) is 30.5 Å². The fourth-order valence-corrected chi connectivity index (χ4v) is 2.90. The van der Waals surface area contributed by atoms with E-state index in [0.29, 0.717) is 0 Å². The normalized spacial score (nSPS) is 16.2. The first-order valence-corrected chi connectivity index (χ1v) is 7.19. The smallest absolute Gasteiger partial charge is 0.251 e. The summed E-state index contributed by atoms with van der Waals surface area (Å²) in [5.74, 6) is 0.0211. The summed E-state index contributed by atoms with van der Waals surface area (Å²) < 4.78 is 0. The molecule has 0 unspecified atom stereocenters. The van der Waals surface area contributed by atoms with Crippen LogP contribution in [0.2, 0.25) is 0 Å². The lowest BCUT2D eigenvalue weighted by Gasteiger charge is -2.42. The first kappa shape index (κ1) is 12.9. The molecule has 0 bridgehead atoms. The van der Waals surface area contributed by atoms with Crippen LogP contribution in [-0.4, -0.2) is 12.5 Å². The van der Waals surface area contributed by atoms with Crippen molar-refractivity contribution in [3.63, 3.8) is 0 Å². The van der Waals surface area contributed by atoms with Crippen molar-refractivity contribution in [3.8, 4) is 0 Å². The third-order valence-electron chi connectivity index (χ3n) is 4.32. The van der Waals surface area contributed by atoms with Crippen molar-refractivity contribution in [1.82, 2.24) is 5.32 Å². The third-order valence-corrected chi connectivity index (χ3v) is 4.32. The maximum absolute atomic E-state index is 12.2. The molecule has 1 fully saturated rings. The number of benzene rings is 2. The van der Waals surface area contributed by atoms with Gasteiger partial charge in [0.1, 0.15) is 0 Å². The molecule has 1 saturated carbocycles. The quantitative estimate of drug-likeness (QED) is 0.900. The Bertz CT molecular complexity index is 573. The third kappa shape index (κ3) is 2.46. The van der Waals surface area contributed by atoms with Gasteiger partial charge in [-0.25, -0.2) is 0 Å². The van der Waals surface area contributed by atoms with E-state index in [1.165, 1.54) is 12.0 Å². The lowest BCUT2D eigenvalue weighted by molar-refractivity contribution is 0.0928. The lowest BCUT2D eigenvalue weighted by Crippen LogP contribution is -2.45. The highest BCUT2D eigenvalue weighted by Gasteiger charge is 2.38. The highest BCUT2D eigenvalue weighted by molar-refractivity contribution is 5.94. The van der Waals surface area contributed by atoms with Crippen LogP contribution in [0.25, 0.3) is 0 Å². The zero-order chi connectivity index (χ0) is 13.8. The van der Waals surface area contributed by atoms with Gasteiger partial charge >= 0.3 is 0 Å². The molecule has 0 radical (unpaired) electrons. The second kappa shape index (κ2) is 5.49. The molecule has 0 saturated heterocycles. The van der Waals surface area contributed by atoms with E-state index in [1.54, 1.807) is 0 Å². The van der Waals surface area contributed by atoms with Crippen LogP contribution in [0, 0.1) is 0 Å². The zero-order valence-electron chi connectivity index (χ0n) is 11.5. The average molecular weight is 265 g/mol. The summed E-state index contributed by atoms with van der Waals surface area (Å²) in [5.41, 5.74) is 2.22. The van der Waals surface area contributed by atoms with E-state index in [2.05, 4.69) is 29.6 Å². The van der Waals surface area contributed by atoms with E-state index >= 15 is 0 Å². The Morgan fingerprint density at radius 3 is 2.10 bits per heavy atom. The highest BCUT2D eigenvalue weighted by atomic mass is 16.1. The summed E-state index contributed by atoms with van der Waals surface area (Å²) in [4.78, 5) is 12.2. The van der Waals surface area contributed by atoms with Crippen molar-refractivity contribution in [2.75, 3.05) is 6.54 Å². The lowest BCUT2D eigenvalue weighted by atomic mass is 9.64. The van der Waals surface area contributed by atoms with Crippen molar-refractivity contribution in [3.05, 3.63) is 71.8 Å². The maximum Gasteiger partial charge on any atom is 0.251 e. The minimum Gasteiger partial charge on any atom is -0.351 e. The van der Waals surface area contributed by atoms with E-state index in [0.717, 1.165) is 24.9 Å². The van der Waals surface area contributed by atoms with E-state index in [9.17, 15) is 4.79 Å². The molecule has 3 rings (SSSR count). The minimum atomic E-state index is 0.0211. The van der Waals surface area contributed by atoms with Crippen LogP contribution in [0.15, 0.2) is 60.7 Å². The van der Waals surface area contributed by atoms with Crippen LogP contribution in [0.4, 0.5) is 0 Å². The topological polar surface area (TPSA) is 29.1 Å². The predicted molar refractivity (Wildman–Crippen MR) is 80.7 cm³/mol. The largest absolute Gasteiger partial charge is 0.351 e. The fourth-order valence-electron chi connectivity index (χ4n) is 2.90. The Kier molecular flexibility index (Phi) is 3.55. The summed E-state index contributed by atoms with van der Waals surface area (Å²) >= 11 is 0. The average Bonchev–Trinajstić information content (AvgIpc) is 2.48. The first-order valence-electron chi connectivity index (χ1n) is 7.19. The van der Waals surface area contributed by atoms with Crippen LogP contribution in [-0.2, 0) is 5.41 Å². The van der Waals surface area contributed by atoms with Gasteiger partial charge in [0.15, 0.2) is 0 Å². The molecule has 102 valence electrons. The molecule has 2 aromatic rings. The summed E-state index contributed by atoms with van der Waals surface area (Å²) in [6.45, 7) is 0.727. The van der Waals surface area contributed by atoms with Crippen LogP contribution >= 0.6 is 0 Å². The standard InChI is InChI=1S/C18H19NO/c20-17(15-8-3-1-4-9-15)19-14-18(12-7-13-18)16-10-5-2-6-11-16/h1-6,8-11H,7,12-14H2,(H,19,20). The molecular weight excluding hydrogens is 246 g/mol. The molecule has 0 spiro atoms. The summed E-state index contributed by atoms with van der Waals surface area (Å²) in [7, 11) is 0.